The summed E-state index contributed by atoms with van der Waals surface area (Å²) in [7, 11) is 0. The Morgan fingerprint density at radius 2 is 1.04 bits per heavy atom. The van der Waals surface area contributed by atoms with E-state index in [9.17, 15) is 19.2 Å². The Bertz CT molecular complexity index is 2150. The number of hydrogen-bond donors (Lipinski definition) is 4. The molecule has 51 heavy (non-hydrogen) atoms. The maximum atomic E-state index is 14.7. The van der Waals surface area contributed by atoms with Gasteiger partial charge in [0.05, 0.1) is 10.8 Å². The smallest absolute Gasteiger partial charge is 0.247 e. The van der Waals surface area contributed by atoms with Gasteiger partial charge in [-0.3, -0.25) is 19.2 Å². The van der Waals surface area contributed by atoms with Gasteiger partial charge in [-0.2, -0.15) is 0 Å². The standard InChI is InChI=1S/C40H35BrN6O4/c41-24-15-16-28-26(19-24)40(21-32-34(49)43-30(18-23-11-5-2-6-12-23)36(51)47(32)38(40)45-28)39-20-31-33(48)42-29(17-22-9-3-1-4-10-22)35(50)46(31)37(39)44-27-14-8-7-13-25(27)39/h1-16,19,29-32,37-38,44-45H,17-18,20-21H2,(H,42,48)(H,43,49). The lowest BCUT2D eigenvalue weighted by atomic mass is 9.54. The van der Waals surface area contributed by atoms with Crippen molar-refractivity contribution in [3.63, 3.8) is 0 Å². The zero-order valence-electron chi connectivity index (χ0n) is 27.5. The van der Waals surface area contributed by atoms with Crippen LogP contribution in [0.2, 0.25) is 0 Å². The third-order valence-electron chi connectivity index (χ3n) is 12.4. The predicted octanol–water partition coefficient (Wildman–Crippen LogP) is 3.81. The predicted molar refractivity (Wildman–Crippen MR) is 193 cm³/mol. The number of rotatable bonds is 5. The number of piperazine rings is 2. The summed E-state index contributed by atoms with van der Waals surface area (Å²) in [5.74, 6) is -0.669. The van der Waals surface area contributed by atoms with E-state index in [0.29, 0.717) is 25.7 Å². The average Bonchev–Trinajstić information content (AvgIpc) is 3.85. The number of benzene rings is 4. The summed E-state index contributed by atoms with van der Waals surface area (Å²) in [6.45, 7) is 0. The largest absolute Gasteiger partial charge is 0.364 e. The number of anilines is 2. The topological polar surface area (TPSA) is 123 Å². The van der Waals surface area contributed by atoms with Crippen molar-refractivity contribution in [2.45, 2.75) is 73.0 Å². The van der Waals surface area contributed by atoms with Gasteiger partial charge in [-0.25, -0.2) is 0 Å². The van der Waals surface area contributed by atoms with Crippen LogP contribution in [0.4, 0.5) is 11.4 Å². The van der Waals surface area contributed by atoms with E-state index in [2.05, 4.69) is 49.3 Å². The number of hydrogen-bond acceptors (Lipinski definition) is 6. The number of fused-ring (bicyclic) bond motifs is 11. The van der Waals surface area contributed by atoms with Crippen LogP contribution in [-0.4, -0.2) is 69.9 Å². The van der Waals surface area contributed by atoms with Crippen LogP contribution in [-0.2, 0) is 42.8 Å². The monoisotopic (exact) mass is 742 g/mol. The highest BCUT2D eigenvalue weighted by Gasteiger charge is 2.78. The lowest BCUT2D eigenvalue weighted by Crippen LogP contribution is -2.67. The van der Waals surface area contributed by atoms with Crippen LogP contribution in [0.25, 0.3) is 0 Å². The van der Waals surface area contributed by atoms with E-state index in [4.69, 9.17) is 0 Å². The van der Waals surface area contributed by atoms with Crippen molar-refractivity contribution in [3.05, 3.63) is 130 Å². The molecular weight excluding hydrogens is 708 g/mol. The number of halogens is 1. The lowest BCUT2D eigenvalue weighted by Gasteiger charge is -2.48. The number of carbonyl (C=O) groups excluding carboxylic acids is 4. The highest BCUT2D eigenvalue weighted by atomic mass is 79.9. The number of carbonyl (C=O) groups is 4. The molecule has 8 unspecified atom stereocenters. The molecule has 0 spiro atoms. The molecule has 6 heterocycles. The molecule has 256 valence electrons. The molecule has 6 aliphatic heterocycles. The van der Waals surface area contributed by atoms with Gasteiger partial charge < -0.3 is 31.1 Å². The van der Waals surface area contributed by atoms with Gasteiger partial charge in [0.25, 0.3) is 0 Å². The van der Waals surface area contributed by atoms with Crippen molar-refractivity contribution in [2.75, 3.05) is 10.6 Å². The van der Waals surface area contributed by atoms with E-state index >= 15 is 0 Å². The van der Waals surface area contributed by atoms with Crippen molar-refractivity contribution < 1.29 is 19.2 Å². The molecule has 6 aliphatic rings. The third kappa shape index (κ3) is 4.09. The van der Waals surface area contributed by atoms with Gasteiger partial charge in [0.1, 0.15) is 36.5 Å². The van der Waals surface area contributed by atoms with Crippen molar-refractivity contribution in [1.29, 1.82) is 0 Å². The molecule has 11 heteroatoms. The summed E-state index contributed by atoms with van der Waals surface area (Å²) in [6.07, 6.45) is 0.174. The first-order valence-electron chi connectivity index (χ1n) is 17.6. The second-order valence-corrected chi connectivity index (χ2v) is 15.6. The van der Waals surface area contributed by atoms with Gasteiger partial charge in [-0.15, -0.1) is 0 Å². The normalized spacial score (nSPS) is 32.5. The van der Waals surface area contributed by atoms with Crippen LogP contribution in [0, 0.1) is 0 Å². The van der Waals surface area contributed by atoms with Gasteiger partial charge in [0.2, 0.25) is 23.6 Å². The first kappa shape index (κ1) is 30.6. The fraction of sp³-hybridized carbons (Fsp3) is 0.300. The molecule has 10 rings (SSSR count). The van der Waals surface area contributed by atoms with E-state index in [1.807, 2.05) is 91.0 Å². The van der Waals surface area contributed by atoms with Crippen LogP contribution in [0.15, 0.2) is 108 Å². The maximum Gasteiger partial charge on any atom is 0.247 e. The van der Waals surface area contributed by atoms with Gasteiger partial charge in [-0.05, 0) is 59.4 Å². The van der Waals surface area contributed by atoms with Gasteiger partial charge in [0.15, 0.2) is 0 Å². The van der Waals surface area contributed by atoms with Crippen molar-refractivity contribution >= 4 is 50.9 Å². The second kappa shape index (κ2) is 10.9. The number of amides is 4. The maximum absolute atomic E-state index is 14.7. The lowest BCUT2D eigenvalue weighted by molar-refractivity contribution is -0.149. The third-order valence-corrected chi connectivity index (χ3v) is 12.8. The van der Waals surface area contributed by atoms with E-state index in [0.717, 1.165) is 38.1 Å². The summed E-state index contributed by atoms with van der Waals surface area (Å²) < 4.78 is 0.866. The molecule has 4 fully saturated rings. The van der Waals surface area contributed by atoms with Crippen LogP contribution in [0.3, 0.4) is 0 Å². The Labute approximate surface area is 303 Å². The number of para-hydroxylation sites is 1. The molecule has 4 amide bonds. The fourth-order valence-electron chi connectivity index (χ4n) is 10.4. The van der Waals surface area contributed by atoms with E-state index < -0.39 is 47.3 Å². The Kier molecular flexibility index (Phi) is 6.56. The van der Waals surface area contributed by atoms with Crippen LogP contribution in [0.1, 0.15) is 35.1 Å². The van der Waals surface area contributed by atoms with E-state index in [1.165, 1.54) is 0 Å². The summed E-state index contributed by atoms with van der Waals surface area (Å²) in [5, 5.41) is 13.6. The molecule has 10 nitrogen and oxygen atoms in total. The summed E-state index contributed by atoms with van der Waals surface area (Å²) in [5.41, 5.74) is 3.84. The molecule has 4 aromatic carbocycles. The molecule has 4 saturated heterocycles. The first-order valence-corrected chi connectivity index (χ1v) is 18.3. The van der Waals surface area contributed by atoms with Crippen molar-refractivity contribution in [3.8, 4) is 0 Å². The number of nitrogens with zero attached hydrogens (tertiary/aromatic N) is 2. The molecule has 4 N–H and O–H groups in total. The SMILES string of the molecule is O=C1NC(Cc2ccccc2)C(=O)N2C1CC1(C34CC5C(=O)NC(Cc6ccccc6)C(=O)N5C3Nc3ccc(Br)cc34)c3ccccc3NC21. The van der Waals surface area contributed by atoms with Crippen molar-refractivity contribution in [1.82, 2.24) is 20.4 Å². The quantitative estimate of drug-likeness (QED) is 0.247. The Hall–Kier alpha value is -5.16. The molecule has 0 aromatic heterocycles. The molecule has 8 atom stereocenters. The summed E-state index contributed by atoms with van der Waals surface area (Å²) >= 11 is 3.73. The summed E-state index contributed by atoms with van der Waals surface area (Å²) in [4.78, 5) is 61.4. The summed E-state index contributed by atoms with van der Waals surface area (Å²) in [6, 6.07) is 30.7. The van der Waals surface area contributed by atoms with Gasteiger partial charge in [-0.1, -0.05) is 94.8 Å². The Balaban J connectivity index is 1.14. The Morgan fingerprint density at radius 3 is 1.59 bits per heavy atom. The molecule has 0 bridgehead atoms. The van der Waals surface area contributed by atoms with Crippen LogP contribution < -0.4 is 21.3 Å². The minimum atomic E-state index is -0.900. The van der Waals surface area contributed by atoms with E-state index in [-0.39, 0.29) is 23.6 Å². The fourth-order valence-corrected chi connectivity index (χ4v) is 10.8. The zero-order valence-corrected chi connectivity index (χ0v) is 29.1. The van der Waals surface area contributed by atoms with Crippen molar-refractivity contribution in [2.24, 2.45) is 0 Å². The minimum absolute atomic E-state index is 0.142. The molecule has 0 aliphatic carbocycles. The van der Waals surface area contributed by atoms with E-state index in [1.54, 1.807) is 9.80 Å². The zero-order chi connectivity index (χ0) is 34.6. The average molecular weight is 744 g/mol. The molecule has 0 radical (unpaired) electrons. The van der Waals surface area contributed by atoms with Crippen LogP contribution in [0.5, 0.6) is 0 Å². The highest BCUT2D eigenvalue weighted by molar-refractivity contribution is 9.10. The van der Waals surface area contributed by atoms with Gasteiger partial charge >= 0.3 is 0 Å². The first-order chi connectivity index (χ1) is 24.8. The highest BCUT2D eigenvalue weighted by Crippen LogP contribution is 2.69. The molecular formula is C40H35BrN6O4. The van der Waals surface area contributed by atoms with Gasteiger partial charge in [0, 0.05) is 28.7 Å². The number of nitrogens with one attached hydrogen (secondary N) is 4. The van der Waals surface area contributed by atoms with Crippen LogP contribution >= 0.6 is 15.9 Å². The Morgan fingerprint density at radius 1 is 0.569 bits per heavy atom. The minimum Gasteiger partial charge on any atom is -0.364 e. The second-order valence-electron chi connectivity index (χ2n) is 14.7. The molecule has 0 saturated carbocycles. The molecule has 4 aromatic rings.